The number of anilines is 1. The second-order valence-corrected chi connectivity index (χ2v) is 4.17. The molecule has 0 spiro atoms. The molecule has 0 saturated carbocycles. The number of benzene rings is 1. The number of hydrogen-bond donors (Lipinski definition) is 4. The van der Waals surface area contributed by atoms with Gasteiger partial charge in [0.1, 0.15) is 5.84 Å². The van der Waals surface area contributed by atoms with E-state index in [-0.39, 0.29) is 5.84 Å². The fourth-order valence-corrected chi connectivity index (χ4v) is 1.94. The first kappa shape index (κ1) is 11.0. The lowest BCUT2D eigenvalue weighted by Gasteiger charge is -2.12. The van der Waals surface area contributed by atoms with Gasteiger partial charge < -0.3 is 16.4 Å². The van der Waals surface area contributed by atoms with Crippen molar-refractivity contribution in [1.29, 1.82) is 5.41 Å². The molecule has 1 fully saturated rings. The highest BCUT2D eigenvalue weighted by atomic mass is 15.0. The third-order valence-electron chi connectivity index (χ3n) is 2.91. The molecule has 86 valence electrons. The number of nitrogens with one attached hydrogen (secondary N) is 3. The Morgan fingerprint density at radius 2 is 2.19 bits per heavy atom. The van der Waals surface area contributed by atoms with E-state index in [1.807, 2.05) is 24.3 Å². The summed E-state index contributed by atoms with van der Waals surface area (Å²) in [6.45, 7) is 2.09. The first-order chi connectivity index (χ1) is 7.75. The average Bonchev–Trinajstić information content (AvgIpc) is 2.80. The fraction of sp³-hybridized carbons (Fsp3) is 0.417. The molecule has 1 atom stereocenters. The van der Waals surface area contributed by atoms with Gasteiger partial charge in [0.2, 0.25) is 0 Å². The zero-order valence-electron chi connectivity index (χ0n) is 9.29. The molecule has 4 nitrogen and oxygen atoms in total. The van der Waals surface area contributed by atoms with Crippen molar-refractivity contribution in [3.8, 4) is 0 Å². The lowest BCUT2D eigenvalue weighted by atomic mass is 10.2. The topological polar surface area (TPSA) is 73.9 Å². The van der Waals surface area contributed by atoms with Crippen LogP contribution in [0.25, 0.3) is 0 Å². The second kappa shape index (κ2) is 4.99. The van der Waals surface area contributed by atoms with Crippen molar-refractivity contribution >= 4 is 11.5 Å². The van der Waals surface area contributed by atoms with Crippen LogP contribution in [-0.2, 0) is 0 Å². The Kier molecular flexibility index (Phi) is 3.41. The maximum atomic E-state index is 7.29. The zero-order chi connectivity index (χ0) is 11.4. The molecule has 0 aliphatic carbocycles. The molecule has 2 rings (SSSR count). The van der Waals surface area contributed by atoms with E-state index in [4.69, 9.17) is 11.1 Å². The number of hydrogen-bond acceptors (Lipinski definition) is 3. The molecule has 1 aliphatic heterocycles. The maximum Gasteiger partial charge on any atom is 0.122 e. The van der Waals surface area contributed by atoms with E-state index < -0.39 is 0 Å². The van der Waals surface area contributed by atoms with Gasteiger partial charge in [0.05, 0.1) is 0 Å². The predicted molar refractivity (Wildman–Crippen MR) is 67.0 cm³/mol. The van der Waals surface area contributed by atoms with Crippen LogP contribution in [0.2, 0.25) is 0 Å². The van der Waals surface area contributed by atoms with E-state index in [0.717, 1.165) is 24.3 Å². The normalized spacial score (nSPS) is 19.6. The van der Waals surface area contributed by atoms with Gasteiger partial charge in [-0.25, -0.2) is 0 Å². The van der Waals surface area contributed by atoms with Gasteiger partial charge >= 0.3 is 0 Å². The summed E-state index contributed by atoms with van der Waals surface area (Å²) in [6, 6.07) is 8.25. The number of rotatable bonds is 4. The predicted octanol–water partition coefficient (Wildman–Crippen LogP) is 1.13. The molecule has 5 N–H and O–H groups in total. The van der Waals surface area contributed by atoms with Crippen molar-refractivity contribution in [1.82, 2.24) is 5.32 Å². The highest BCUT2D eigenvalue weighted by molar-refractivity contribution is 5.95. The lowest BCUT2D eigenvalue weighted by Crippen LogP contribution is -2.29. The number of amidine groups is 1. The van der Waals surface area contributed by atoms with Crippen LogP contribution in [0, 0.1) is 5.41 Å². The first-order valence-electron chi connectivity index (χ1n) is 5.67. The minimum Gasteiger partial charge on any atom is -0.384 e. The average molecular weight is 218 g/mol. The molecule has 0 unspecified atom stereocenters. The second-order valence-electron chi connectivity index (χ2n) is 4.17. The van der Waals surface area contributed by atoms with Crippen molar-refractivity contribution < 1.29 is 0 Å². The summed E-state index contributed by atoms with van der Waals surface area (Å²) in [6.07, 6.45) is 2.52. The van der Waals surface area contributed by atoms with E-state index >= 15 is 0 Å². The first-order valence-corrected chi connectivity index (χ1v) is 5.67. The van der Waals surface area contributed by atoms with Gasteiger partial charge in [-0.2, -0.15) is 0 Å². The van der Waals surface area contributed by atoms with Crippen molar-refractivity contribution in [2.45, 2.75) is 18.9 Å². The number of nitrogen functional groups attached to an aromatic ring is 1. The monoisotopic (exact) mass is 218 g/mol. The smallest absolute Gasteiger partial charge is 0.122 e. The largest absolute Gasteiger partial charge is 0.384 e. The molecular formula is C12H18N4. The summed E-state index contributed by atoms with van der Waals surface area (Å²) < 4.78 is 0. The minimum absolute atomic E-state index is 0.115. The SMILES string of the molecule is N=C(N)c1ccc(NC[C@@H]2CCCN2)cc1. The van der Waals surface area contributed by atoms with Gasteiger partial charge in [0.15, 0.2) is 0 Å². The molecule has 1 aliphatic rings. The van der Waals surface area contributed by atoms with Crippen LogP contribution in [0.1, 0.15) is 18.4 Å². The summed E-state index contributed by atoms with van der Waals surface area (Å²) in [5.74, 6) is 0.115. The maximum absolute atomic E-state index is 7.29. The van der Waals surface area contributed by atoms with E-state index in [0.29, 0.717) is 6.04 Å². The Balaban J connectivity index is 1.87. The molecule has 0 amide bonds. The van der Waals surface area contributed by atoms with Crippen molar-refractivity contribution in [3.63, 3.8) is 0 Å². The molecule has 1 aromatic rings. The molecule has 0 aromatic heterocycles. The molecule has 0 radical (unpaired) electrons. The van der Waals surface area contributed by atoms with Crippen LogP contribution in [0.3, 0.4) is 0 Å². The van der Waals surface area contributed by atoms with Crippen molar-refractivity contribution in [3.05, 3.63) is 29.8 Å². The van der Waals surface area contributed by atoms with Gasteiger partial charge in [-0.15, -0.1) is 0 Å². The quantitative estimate of drug-likeness (QED) is 0.452. The van der Waals surface area contributed by atoms with Gasteiger partial charge in [-0.1, -0.05) is 0 Å². The third-order valence-corrected chi connectivity index (χ3v) is 2.91. The Labute approximate surface area is 95.7 Å². The third kappa shape index (κ3) is 2.73. The molecule has 4 heteroatoms. The van der Waals surface area contributed by atoms with E-state index in [1.54, 1.807) is 0 Å². The summed E-state index contributed by atoms with van der Waals surface area (Å²) in [5.41, 5.74) is 7.24. The van der Waals surface area contributed by atoms with Crippen LogP contribution < -0.4 is 16.4 Å². The van der Waals surface area contributed by atoms with Gasteiger partial charge in [-0.3, -0.25) is 5.41 Å². The zero-order valence-corrected chi connectivity index (χ0v) is 9.29. The molecule has 1 heterocycles. The molecule has 1 saturated heterocycles. The summed E-state index contributed by atoms with van der Waals surface area (Å²) in [7, 11) is 0. The Hall–Kier alpha value is -1.55. The van der Waals surface area contributed by atoms with E-state index in [2.05, 4.69) is 10.6 Å². The van der Waals surface area contributed by atoms with Crippen LogP contribution in [-0.4, -0.2) is 25.0 Å². The van der Waals surface area contributed by atoms with Gasteiger partial charge in [0.25, 0.3) is 0 Å². The minimum atomic E-state index is 0.115. The van der Waals surface area contributed by atoms with E-state index in [1.165, 1.54) is 12.8 Å². The number of nitrogens with two attached hydrogens (primary N) is 1. The molecule has 1 aromatic carbocycles. The summed E-state index contributed by atoms with van der Waals surface area (Å²) in [5, 5.41) is 14.1. The highest BCUT2D eigenvalue weighted by Gasteiger charge is 2.12. The van der Waals surface area contributed by atoms with Crippen LogP contribution in [0.5, 0.6) is 0 Å². The van der Waals surface area contributed by atoms with Crippen LogP contribution in [0.4, 0.5) is 5.69 Å². The summed E-state index contributed by atoms with van der Waals surface area (Å²) in [4.78, 5) is 0. The van der Waals surface area contributed by atoms with Crippen molar-refractivity contribution in [2.75, 3.05) is 18.4 Å². The van der Waals surface area contributed by atoms with Gasteiger partial charge in [0, 0.05) is 23.8 Å². The Bertz CT molecular complexity index is 352. The van der Waals surface area contributed by atoms with Gasteiger partial charge in [-0.05, 0) is 43.7 Å². The molecule has 0 bridgehead atoms. The summed E-state index contributed by atoms with van der Waals surface area (Å²) >= 11 is 0. The Morgan fingerprint density at radius 3 is 2.75 bits per heavy atom. The Morgan fingerprint density at radius 1 is 1.44 bits per heavy atom. The highest BCUT2D eigenvalue weighted by Crippen LogP contribution is 2.11. The molecular weight excluding hydrogens is 200 g/mol. The lowest BCUT2D eigenvalue weighted by molar-refractivity contribution is 0.633. The van der Waals surface area contributed by atoms with Crippen LogP contribution in [0.15, 0.2) is 24.3 Å². The standard InChI is InChI=1S/C12H18N4/c13-12(14)9-3-5-10(6-4-9)16-8-11-2-1-7-15-11/h3-6,11,15-16H,1-2,7-8H2,(H3,13,14)/t11-/m0/s1. The van der Waals surface area contributed by atoms with Crippen LogP contribution >= 0.6 is 0 Å². The van der Waals surface area contributed by atoms with E-state index in [9.17, 15) is 0 Å². The van der Waals surface area contributed by atoms with Crippen molar-refractivity contribution in [2.24, 2.45) is 5.73 Å². The molecule has 16 heavy (non-hydrogen) atoms. The fourth-order valence-electron chi connectivity index (χ4n) is 1.94.